The van der Waals surface area contributed by atoms with Crippen molar-refractivity contribution in [2.75, 3.05) is 18.1 Å². The molecule has 90 valence electrons. The molecule has 0 fully saturated rings. The summed E-state index contributed by atoms with van der Waals surface area (Å²) in [5, 5.41) is 28.0. The zero-order chi connectivity index (χ0) is 12.0. The third-order valence-electron chi connectivity index (χ3n) is 2.30. The Labute approximate surface area is 100 Å². The van der Waals surface area contributed by atoms with E-state index in [1.54, 1.807) is 6.92 Å². The molecule has 1 aromatic rings. The highest BCUT2D eigenvalue weighted by molar-refractivity contribution is 7.99. The highest BCUT2D eigenvalue weighted by Crippen LogP contribution is 2.25. The van der Waals surface area contributed by atoms with Gasteiger partial charge in [-0.15, -0.1) is 0 Å². The van der Waals surface area contributed by atoms with Crippen LogP contribution < -0.4 is 0 Å². The van der Waals surface area contributed by atoms with Crippen LogP contribution in [0.2, 0.25) is 0 Å². The van der Waals surface area contributed by atoms with E-state index in [2.05, 4.69) is 0 Å². The Hall–Kier alpha value is -0.550. The molecule has 1 aromatic carbocycles. The van der Waals surface area contributed by atoms with E-state index in [4.69, 9.17) is 5.11 Å². The third kappa shape index (κ3) is 4.14. The molecule has 0 amide bonds. The Morgan fingerprint density at radius 1 is 1.31 bits per heavy atom. The van der Waals surface area contributed by atoms with Crippen molar-refractivity contribution < 1.29 is 15.3 Å². The SMILES string of the molecule is CC(O)(CSCC(O)CO)c1ccccc1. The van der Waals surface area contributed by atoms with Gasteiger partial charge in [-0.05, 0) is 12.5 Å². The number of rotatable bonds is 6. The molecule has 1 rings (SSSR count). The van der Waals surface area contributed by atoms with Crippen molar-refractivity contribution >= 4 is 11.8 Å². The van der Waals surface area contributed by atoms with E-state index in [0.29, 0.717) is 11.5 Å². The van der Waals surface area contributed by atoms with E-state index in [1.807, 2.05) is 30.3 Å². The van der Waals surface area contributed by atoms with Gasteiger partial charge in [0.15, 0.2) is 0 Å². The van der Waals surface area contributed by atoms with Gasteiger partial charge in [0.05, 0.1) is 18.3 Å². The van der Waals surface area contributed by atoms with Crippen molar-refractivity contribution in [2.45, 2.75) is 18.6 Å². The van der Waals surface area contributed by atoms with Crippen LogP contribution in [0.5, 0.6) is 0 Å². The minimum absolute atomic E-state index is 0.236. The van der Waals surface area contributed by atoms with Crippen LogP contribution in [0.1, 0.15) is 12.5 Å². The minimum atomic E-state index is -0.902. The van der Waals surface area contributed by atoms with Gasteiger partial charge in [-0.25, -0.2) is 0 Å². The topological polar surface area (TPSA) is 60.7 Å². The maximum Gasteiger partial charge on any atom is 0.0958 e. The molecule has 0 radical (unpaired) electrons. The molecular weight excluding hydrogens is 224 g/mol. The zero-order valence-electron chi connectivity index (χ0n) is 9.34. The lowest BCUT2D eigenvalue weighted by atomic mass is 9.99. The first-order chi connectivity index (χ1) is 7.56. The van der Waals surface area contributed by atoms with Crippen LogP contribution in [0.3, 0.4) is 0 Å². The fraction of sp³-hybridized carbons (Fsp3) is 0.500. The molecule has 0 aliphatic carbocycles. The normalized spacial score (nSPS) is 16.8. The van der Waals surface area contributed by atoms with Crippen molar-refractivity contribution in [2.24, 2.45) is 0 Å². The van der Waals surface area contributed by atoms with Crippen molar-refractivity contribution in [3.8, 4) is 0 Å². The highest BCUT2D eigenvalue weighted by Gasteiger charge is 2.22. The van der Waals surface area contributed by atoms with Gasteiger partial charge >= 0.3 is 0 Å². The fourth-order valence-corrected chi connectivity index (χ4v) is 2.39. The number of hydrogen-bond donors (Lipinski definition) is 3. The molecule has 16 heavy (non-hydrogen) atoms. The van der Waals surface area contributed by atoms with Crippen molar-refractivity contribution in [3.05, 3.63) is 35.9 Å². The lowest BCUT2D eigenvalue weighted by Crippen LogP contribution is -2.26. The highest BCUT2D eigenvalue weighted by atomic mass is 32.2. The predicted octanol–water partition coefficient (Wildman–Crippen LogP) is 0.980. The third-order valence-corrected chi connectivity index (χ3v) is 3.69. The van der Waals surface area contributed by atoms with Gasteiger partial charge in [-0.2, -0.15) is 11.8 Å². The molecule has 4 heteroatoms. The van der Waals surface area contributed by atoms with E-state index >= 15 is 0 Å². The molecule has 0 saturated carbocycles. The standard InChI is InChI=1S/C12H18O3S/c1-12(15,9-16-8-11(14)7-13)10-5-3-2-4-6-10/h2-6,11,13-15H,7-9H2,1H3. The molecule has 0 aromatic heterocycles. The molecule has 0 aliphatic rings. The first-order valence-electron chi connectivity index (χ1n) is 5.21. The molecule has 3 N–H and O–H groups in total. The number of benzene rings is 1. The zero-order valence-corrected chi connectivity index (χ0v) is 10.2. The smallest absolute Gasteiger partial charge is 0.0958 e. The molecule has 2 unspecified atom stereocenters. The molecule has 3 nitrogen and oxygen atoms in total. The summed E-state index contributed by atoms with van der Waals surface area (Å²) in [5.74, 6) is 0.924. The number of thioether (sulfide) groups is 1. The van der Waals surface area contributed by atoms with Crippen LogP contribution in [-0.4, -0.2) is 39.5 Å². The van der Waals surface area contributed by atoms with Crippen LogP contribution in [0.4, 0.5) is 0 Å². The van der Waals surface area contributed by atoms with Crippen molar-refractivity contribution in [1.82, 2.24) is 0 Å². The average molecular weight is 242 g/mol. The predicted molar refractivity (Wildman–Crippen MR) is 66.4 cm³/mol. The number of aliphatic hydroxyl groups is 3. The summed E-state index contributed by atoms with van der Waals surface area (Å²) < 4.78 is 0. The van der Waals surface area contributed by atoms with Crippen LogP contribution >= 0.6 is 11.8 Å². The maximum absolute atomic E-state index is 10.2. The second kappa shape index (κ2) is 6.25. The van der Waals surface area contributed by atoms with Gasteiger partial charge in [0.25, 0.3) is 0 Å². The van der Waals surface area contributed by atoms with Gasteiger partial charge in [0, 0.05) is 11.5 Å². The van der Waals surface area contributed by atoms with Gasteiger partial charge in [-0.1, -0.05) is 30.3 Å². The number of aliphatic hydroxyl groups excluding tert-OH is 2. The first-order valence-corrected chi connectivity index (χ1v) is 6.36. The van der Waals surface area contributed by atoms with Crippen LogP contribution in [-0.2, 0) is 5.60 Å². The second-order valence-corrected chi connectivity index (χ2v) is 5.02. The molecule has 0 heterocycles. The van der Waals surface area contributed by atoms with Crippen LogP contribution in [0.15, 0.2) is 30.3 Å². The Morgan fingerprint density at radius 3 is 2.50 bits per heavy atom. The minimum Gasteiger partial charge on any atom is -0.394 e. The Bertz CT molecular complexity index is 300. The lowest BCUT2D eigenvalue weighted by Gasteiger charge is -2.23. The molecule has 2 atom stereocenters. The summed E-state index contributed by atoms with van der Waals surface area (Å²) in [7, 11) is 0. The molecular formula is C12H18O3S. The molecule has 0 saturated heterocycles. The average Bonchev–Trinajstić information content (AvgIpc) is 2.30. The monoisotopic (exact) mass is 242 g/mol. The molecule has 0 spiro atoms. The first kappa shape index (κ1) is 13.5. The summed E-state index contributed by atoms with van der Waals surface area (Å²) >= 11 is 1.43. The van der Waals surface area contributed by atoms with Crippen molar-refractivity contribution in [3.63, 3.8) is 0 Å². The Kier molecular flexibility index (Phi) is 5.28. The van der Waals surface area contributed by atoms with Crippen LogP contribution in [0, 0.1) is 0 Å². The maximum atomic E-state index is 10.2. The Morgan fingerprint density at radius 2 is 1.94 bits per heavy atom. The van der Waals surface area contributed by atoms with Gasteiger partial charge < -0.3 is 15.3 Å². The van der Waals surface area contributed by atoms with E-state index < -0.39 is 11.7 Å². The lowest BCUT2D eigenvalue weighted by molar-refractivity contribution is 0.0832. The van der Waals surface area contributed by atoms with E-state index in [-0.39, 0.29) is 6.61 Å². The molecule has 0 aliphatic heterocycles. The summed E-state index contributed by atoms with van der Waals surface area (Å²) in [6.07, 6.45) is -0.712. The summed E-state index contributed by atoms with van der Waals surface area (Å²) in [6.45, 7) is 1.52. The largest absolute Gasteiger partial charge is 0.394 e. The fourth-order valence-electron chi connectivity index (χ4n) is 1.33. The summed E-state index contributed by atoms with van der Waals surface area (Å²) in [4.78, 5) is 0. The van der Waals surface area contributed by atoms with E-state index in [9.17, 15) is 10.2 Å². The van der Waals surface area contributed by atoms with Crippen LogP contribution in [0.25, 0.3) is 0 Å². The second-order valence-electron chi connectivity index (χ2n) is 3.99. The van der Waals surface area contributed by atoms with Crippen molar-refractivity contribution in [1.29, 1.82) is 0 Å². The van der Waals surface area contributed by atoms with Gasteiger partial charge in [-0.3, -0.25) is 0 Å². The van der Waals surface area contributed by atoms with Gasteiger partial charge in [0.1, 0.15) is 0 Å². The van der Waals surface area contributed by atoms with E-state index in [0.717, 1.165) is 5.56 Å². The quantitative estimate of drug-likeness (QED) is 0.696. The van der Waals surface area contributed by atoms with Gasteiger partial charge in [0.2, 0.25) is 0 Å². The number of hydrogen-bond acceptors (Lipinski definition) is 4. The summed E-state index contributed by atoms with van der Waals surface area (Å²) in [5.41, 5.74) is -0.0397. The Balaban J connectivity index is 2.46. The van der Waals surface area contributed by atoms with E-state index in [1.165, 1.54) is 11.8 Å². The molecule has 0 bridgehead atoms. The summed E-state index contributed by atoms with van der Waals surface area (Å²) in [6, 6.07) is 9.43.